The van der Waals surface area contributed by atoms with Gasteiger partial charge in [0.15, 0.2) is 0 Å². The zero-order valence-electron chi connectivity index (χ0n) is 11.6. The summed E-state index contributed by atoms with van der Waals surface area (Å²) in [4.78, 5) is 13.7. The first-order valence-corrected chi connectivity index (χ1v) is 8.54. The average molecular weight is 368 g/mol. The van der Waals surface area contributed by atoms with Crippen LogP contribution in [0, 0.1) is 12.7 Å². The molecule has 2 nitrogen and oxygen atoms in total. The Morgan fingerprint density at radius 1 is 1.33 bits per heavy atom. The number of nitrogens with one attached hydrogen (secondary N) is 1. The van der Waals surface area contributed by atoms with Gasteiger partial charge < -0.3 is 5.32 Å². The zero-order chi connectivity index (χ0) is 15.0. The minimum Gasteiger partial charge on any atom is -0.313 e. The van der Waals surface area contributed by atoms with Crippen molar-refractivity contribution in [3.8, 4) is 0 Å². The molecule has 0 aliphatic heterocycles. The number of carbonyl (C=O) groups excluding carboxylic acids is 1. The fourth-order valence-electron chi connectivity index (χ4n) is 2.69. The molecule has 1 aromatic carbocycles. The lowest BCUT2D eigenvalue weighted by atomic mass is 9.96. The lowest BCUT2D eigenvalue weighted by molar-refractivity contribution is 0.102. The van der Waals surface area contributed by atoms with E-state index in [1.54, 1.807) is 11.3 Å². The van der Waals surface area contributed by atoms with Crippen molar-refractivity contribution in [2.75, 3.05) is 5.32 Å². The Bertz CT molecular complexity index is 711. The molecule has 0 unspecified atom stereocenters. The van der Waals surface area contributed by atoms with Crippen LogP contribution in [0.15, 0.2) is 22.7 Å². The van der Waals surface area contributed by atoms with Crippen LogP contribution in [0.25, 0.3) is 0 Å². The molecular weight excluding hydrogens is 353 g/mol. The van der Waals surface area contributed by atoms with Gasteiger partial charge >= 0.3 is 0 Å². The van der Waals surface area contributed by atoms with Crippen LogP contribution < -0.4 is 5.32 Å². The van der Waals surface area contributed by atoms with Crippen LogP contribution in [0.2, 0.25) is 0 Å². The highest BCUT2D eigenvalue weighted by Crippen LogP contribution is 2.37. The van der Waals surface area contributed by atoms with Crippen LogP contribution in [-0.4, -0.2) is 5.91 Å². The first kappa shape index (κ1) is 14.7. The van der Waals surface area contributed by atoms with Crippen molar-refractivity contribution in [1.82, 2.24) is 0 Å². The van der Waals surface area contributed by atoms with E-state index < -0.39 is 0 Å². The van der Waals surface area contributed by atoms with E-state index in [4.69, 9.17) is 0 Å². The summed E-state index contributed by atoms with van der Waals surface area (Å²) in [6.45, 7) is 2.07. The number of carbonyl (C=O) groups is 1. The maximum Gasteiger partial charge on any atom is 0.257 e. The summed E-state index contributed by atoms with van der Waals surface area (Å²) >= 11 is 4.91. The van der Waals surface area contributed by atoms with E-state index in [-0.39, 0.29) is 11.7 Å². The molecule has 1 N–H and O–H groups in total. The molecule has 110 valence electrons. The van der Waals surface area contributed by atoms with Gasteiger partial charge in [-0.25, -0.2) is 4.39 Å². The van der Waals surface area contributed by atoms with Crippen molar-refractivity contribution in [3.63, 3.8) is 0 Å². The number of halogens is 2. The molecular formula is C16H15BrFNOS. The number of hydrogen-bond donors (Lipinski definition) is 1. The van der Waals surface area contributed by atoms with Crippen LogP contribution in [0.4, 0.5) is 9.39 Å². The standard InChI is InChI=1S/C16H15BrFNOS/c1-9-11-4-2-3-5-14(11)21-16(9)19-15(20)12-7-6-10(18)8-13(12)17/h6-8H,2-5H2,1H3,(H,19,20). The van der Waals surface area contributed by atoms with Gasteiger partial charge in [-0.2, -0.15) is 0 Å². The van der Waals surface area contributed by atoms with E-state index in [2.05, 4.69) is 28.2 Å². The number of anilines is 1. The summed E-state index contributed by atoms with van der Waals surface area (Å²) in [5, 5.41) is 3.89. The number of thiophene rings is 1. The average Bonchev–Trinajstić information content (AvgIpc) is 2.76. The van der Waals surface area contributed by atoms with E-state index in [0.29, 0.717) is 10.0 Å². The molecule has 0 spiro atoms. The fraction of sp³-hybridized carbons (Fsp3) is 0.312. The highest BCUT2D eigenvalue weighted by Gasteiger charge is 2.20. The van der Waals surface area contributed by atoms with Gasteiger partial charge in [0.25, 0.3) is 5.91 Å². The van der Waals surface area contributed by atoms with Crippen LogP contribution in [0.1, 0.15) is 39.2 Å². The second kappa shape index (κ2) is 5.89. The van der Waals surface area contributed by atoms with E-state index in [0.717, 1.165) is 17.8 Å². The monoisotopic (exact) mass is 367 g/mol. The summed E-state index contributed by atoms with van der Waals surface area (Å²) in [7, 11) is 0. The molecule has 5 heteroatoms. The van der Waals surface area contributed by atoms with Crippen molar-refractivity contribution < 1.29 is 9.18 Å². The number of aryl methyl sites for hydroxylation is 1. The highest BCUT2D eigenvalue weighted by molar-refractivity contribution is 9.10. The van der Waals surface area contributed by atoms with Gasteiger partial charge in [0.2, 0.25) is 0 Å². The maximum atomic E-state index is 13.1. The predicted molar refractivity (Wildman–Crippen MR) is 87.8 cm³/mol. The predicted octanol–water partition coefficient (Wildman–Crippen LogP) is 5.09. The van der Waals surface area contributed by atoms with Gasteiger partial charge in [-0.1, -0.05) is 0 Å². The second-order valence-electron chi connectivity index (χ2n) is 5.24. The van der Waals surface area contributed by atoms with Gasteiger partial charge in [0, 0.05) is 9.35 Å². The summed E-state index contributed by atoms with van der Waals surface area (Å²) in [6.07, 6.45) is 4.66. The summed E-state index contributed by atoms with van der Waals surface area (Å²) in [5.41, 5.74) is 3.03. The molecule has 2 aromatic rings. The maximum absolute atomic E-state index is 13.1. The summed E-state index contributed by atoms with van der Waals surface area (Å²) in [6, 6.07) is 4.10. The molecule has 0 radical (unpaired) electrons. The lowest BCUT2D eigenvalue weighted by Crippen LogP contribution is -2.12. The van der Waals surface area contributed by atoms with Crippen molar-refractivity contribution in [2.45, 2.75) is 32.6 Å². The van der Waals surface area contributed by atoms with E-state index in [1.807, 2.05) is 0 Å². The molecule has 0 saturated carbocycles. The van der Waals surface area contributed by atoms with Crippen molar-refractivity contribution in [3.05, 3.63) is 50.1 Å². The lowest BCUT2D eigenvalue weighted by Gasteiger charge is -2.10. The van der Waals surface area contributed by atoms with E-state index in [9.17, 15) is 9.18 Å². The normalized spacial score (nSPS) is 13.9. The van der Waals surface area contributed by atoms with Gasteiger partial charge in [0.05, 0.1) is 10.6 Å². The number of hydrogen-bond acceptors (Lipinski definition) is 2. The Labute approximate surface area is 135 Å². The van der Waals surface area contributed by atoms with Crippen molar-refractivity contribution in [1.29, 1.82) is 0 Å². The first-order chi connectivity index (χ1) is 10.1. The van der Waals surface area contributed by atoms with Crippen LogP contribution in [0.3, 0.4) is 0 Å². The Kier molecular flexibility index (Phi) is 4.13. The fourth-order valence-corrected chi connectivity index (χ4v) is 4.51. The van der Waals surface area contributed by atoms with Crippen molar-refractivity contribution >= 4 is 38.2 Å². The Morgan fingerprint density at radius 3 is 2.81 bits per heavy atom. The summed E-state index contributed by atoms with van der Waals surface area (Å²) in [5.74, 6) is -0.565. The number of fused-ring (bicyclic) bond motifs is 1. The molecule has 0 bridgehead atoms. The minimum absolute atomic E-state index is 0.205. The van der Waals surface area contributed by atoms with E-state index >= 15 is 0 Å². The molecule has 1 aromatic heterocycles. The number of benzene rings is 1. The third-order valence-electron chi connectivity index (χ3n) is 3.84. The second-order valence-corrected chi connectivity index (χ2v) is 7.20. The number of amides is 1. The third-order valence-corrected chi connectivity index (χ3v) is 5.80. The van der Waals surface area contributed by atoms with Crippen molar-refractivity contribution in [2.24, 2.45) is 0 Å². The van der Waals surface area contributed by atoms with Gasteiger partial charge in [-0.3, -0.25) is 4.79 Å². The Balaban J connectivity index is 1.86. The minimum atomic E-state index is -0.360. The molecule has 0 saturated heterocycles. The molecule has 1 amide bonds. The quantitative estimate of drug-likeness (QED) is 0.786. The Hall–Kier alpha value is -1.20. The molecule has 0 fully saturated rings. The molecule has 1 aliphatic rings. The first-order valence-electron chi connectivity index (χ1n) is 6.94. The zero-order valence-corrected chi connectivity index (χ0v) is 14.0. The molecule has 1 heterocycles. The van der Waals surface area contributed by atoms with Crippen LogP contribution >= 0.6 is 27.3 Å². The Morgan fingerprint density at radius 2 is 2.10 bits per heavy atom. The molecule has 1 aliphatic carbocycles. The van der Waals surface area contributed by atoms with Crippen LogP contribution in [-0.2, 0) is 12.8 Å². The van der Waals surface area contributed by atoms with Gasteiger partial charge in [-0.15, -0.1) is 11.3 Å². The van der Waals surface area contributed by atoms with E-state index in [1.165, 1.54) is 47.0 Å². The number of rotatable bonds is 2. The summed E-state index contributed by atoms with van der Waals surface area (Å²) < 4.78 is 13.6. The third kappa shape index (κ3) is 2.90. The SMILES string of the molecule is Cc1c(NC(=O)c2ccc(F)cc2Br)sc2c1CCCC2. The molecule has 0 atom stereocenters. The van der Waals surface area contributed by atoms with Crippen LogP contribution in [0.5, 0.6) is 0 Å². The van der Waals surface area contributed by atoms with Gasteiger partial charge in [0.1, 0.15) is 5.82 Å². The molecule has 3 rings (SSSR count). The topological polar surface area (TPSA) is 29.1 Å². The largest absolute Gasteiger partial charge is 0.313 e. The van der Waals surface area contributed by atoms with Gasteiger partial charge in [-0.05, 0) is 77.9 Å². The smallest absolute Gasteiger partial charge is 0.257 e. The molecule has 21 heavy (non-hydrogen) atoms. The highest BCUT2D eigenvalue weighted by atomic mass is 79.9.